The molecule has 49 heavy (non-hydrogen) atoms. The van der Waals surface area contributed by atoms with E-state index in [0.717, 1.165) is 12.8 Å². The molecular formula is C34H61N3O12. The van der Waals surface area contributed by atoms with Gasteiger partial charge in [-0.05, 0) is 87.0 Å². The predicted molar refractivity (Wildman–Crippen MR) is 179 cm³/mol. The Morgan fingerprint density at radius 2 is 1.35 bits per heavy atom. The molecule has 0 aromatic carbocycles. The lowest BCUT2D eigenvalue weighted by Crippen LogP contribution is -2.46. The number of unbranched alkanes of at least 4 members (excludes halogenated alkanes) is 1. The molecule has 15 nitrogen and oxygen atoms in total. The molecule has 15 heteroatoms. The lowest BCUT2D eigenvalue weighted by atomic mass is 9.99. The lowest BCUT2D eigenvalue weighted by molar-refractivity contribution is -0.199. The second-order valence-electron chi connectivity index (χ2n) is 14.3. The van der Waals surface area contributed by atoms with Gasteiger partial charge in [0.1, 0.15) is 12.6 Å². The molecule has 0 aromatic heterocycles. The summed E-state index contributed by atoms with van der Waals surface area (Å²) in [5.74, 6) is -2.27. The summed E-state index contributed by atoms with van der Waals surface area (Å²) in [4.78, 5) is 66.9. The first kappa shape index (κ1) is 44.0. The summed E-state index contributed by atoms with van der Waals surface area (Å²) in [6.45, 7) is 16.5. The van der Waals surface area contributed by atoms with Crippen LogP contribution < -0.4 is 10.6 Å². The first-order valence-electron chi connectivity index (χ1n) is 17.1. The van der Waals surface area contributed by atoms with Crippen molar-refractivity contribution in [1.82, 2.24) is 15.7 Å². The molecule has 2 atom stereocenters. The Labute approximate surface area is 291 Å². The Morgan fingerprint density at radius 1 is 0.755 bits per heavy atom. The summed E-state index contributed by atoms with van der Waals surface area (Å²) in [6, 6.07) is -1.23. The van der Waals surface area contributed by atoms with Crippen LogP contribution in [0.25, 0.3) is 0 Å². The molecule has 1 fully saturated rings. The summed E-state index contributed by atoms with van der Waals surface area (Å²) in [5.41, 5.74) is -1.93. The number of carbonyl (C=O) groups excluding carboxylic acids is 5. The van der Waals surface area contributed by atoms with Crippen molar-refractivity contribution in [3.05, 3.63) is 0 Å². The standard InChI is InChI=1S/C34H61N3O12/c1-11-34(8,44-10)19-23-48-33(6,7)24-46-30(42)36-25(28(40)49-37-26(38)15-16-27(37)39)14-12-13-20-35-29(41)45-21-17-32(4,5)47-22-18-31(2,3)43-9/h25H,11-24H2,1-10H3,(H,35,41)(H,36,42). The Kier molecular flexibility index (Phi) is 18.5. The molecule has 0 aromatic rings. The van der Waals surface area contributed by atoms with Crippen LogP contribution in [-0.4, -0.2) is 111 Å². The number of nitrogens with zero attached hydrogens (tertiary/aromatic N) is 1. The van der Waals surface area contributed by atoms with Gasteiger partial charge < -0.3 is 43.9 Å². The van der Waals surface area contributed by atoms with Crippen LogP contribution in [0.1, 0.15) is 113 Å². The van der Waals surface area contributed by atoms with E-state index in [-0.39, 0.29) is 50.2 Å². The largest absolute Gasteiger partial charge is 0.449 e. The molecular weight excluding hydrogens is 642 g/mol. The van der Waals surface area contributed by atoms with Crippen LogP contribution >= 0.6 is 0 Å². The van der Waals surface area contributed by atoms with Crippen molar-refractivity contribution in [3.63, 3.8) is 0 Å². The van der Waals surface area contributed by atoms with Crippen molar-refractivity contribution in [2.24, 2.45) is 0 Å². The van der Waals surface area contributed by atoms with E-state index in [2.05, 4.69) is 10.6 Å². The topological polar surface area (TPSA) is 177 Å². The van der Waals surface area contributed by atoms with Crippen LogP contribution in [0.5, 0.6) is 0 Å². The highest BCUT2D eigenvalue weighted by Crippen LogP contribution is 2.21. The van der Waals surface area contributed by atoms with Crippen molar-refractivity contribution in [1.29, 1.82) is 0 Å². The fourth-order valence-corrected chi connectivity index (χ4v) is 4.34. The molecule has 2 N–H and O–H groups in total. The zero-order chi connectivity index (χ0) is 37.3. The van der Waals surface area contributed by atoms with Gasteiger partial charge in [0.2, 0.25) is 0 Å². The second kappa shape index (κ2) is 20.6. The minimum absolute atomic E-state index is 0.0673. The maximum Gasteiger partial charge on any atom is 0.407 e. The molecule has 0 aliphatic carbocycles. The normalized spacial score (nSPS) is 15.8. The molecule has 1 heterocycles. The van der Waals surface area contributed by atoms with Crippen molar-refractivity contribution in [2.45, 2.75) is 142 Å². The van der Waals surface area contributed by atoms with Gasteiger partial charge in [-0.15, -0.1) is 5.06 Å². The molecule has 1 aliphatic rings. The number of imide groups is 1. The Hall–Kier alpha value is -3.01. The molecule has 0 bridgehead atoms. The quantitative estimate of drug-likeness (QED) is 0.106. The van der Waals surface area contributed by atoms with E-state index >= 15 is 0 Å². The fourth-order valence-electron chi connectivity index (χ4n) is 4.34. The van der Waals surface area contributed by atoms with Gasteiger partial charge in [0.05, 0.1) is 42.2 Å². The maximum atomic E-state index is 12.9. The number of rotatable bonds is 24. The number of carbonyl (C=O) groups is 5. The number of hydroxylamine groups is 2. The molecule has 1 rings (SSSR count). The van der Waals surface area contributed by atoms with Crippen molar-refractivity contribution in [3.8, 4) is 0 Å². The number of hydrogen-bond donors (Lipinski definition) is 2. The second-order valence-corrected chi connectivity index (χ2v) is 14.3. The minimum Gasteiger partial charge on any atom is -0.449 e. The molecule has 0 radical (unpaired) electrons. The van der Waals surface area contributed by atoms with Gasteiger partial charge in [-0.2, -0.15) is 0 Å². The summed E-state index contributed by atoms with van der Waals surface area (Å²) < 4.78 is 33.4. The third kappa shape index (κ3) is 18.0. The molecule has 1 aliphatic heterocycles. The summed E-state index contributed by atoms with van der Waals surface area (Å²) >= 11 is 0. The number of nitrogens with one attached hydrogen (secondary N) is 2. The highest BCUT2D eigenvalue weighted by molar-refractivity contribution is 6.01. The highest BCUT2D eigenvalue weighted by Gasteiger charge is 2.36. The monoisotopic (exact) mass is 703 g/mol. The first-order valence-corrected chi connectivity index (χ1v) is 17.1. The fraction of sp³-hybridized carbons (Fsp3) is 0.853. The number of methoxy groups -OCH3 is 2. The zero-order valence-electron chi connectivity index (χ0n) is 31.3. The summed E-state index contributed by atoms with van der Waals surface area (Å²) in [7, 11) is 3.31. The number of ether oxygens (including phenoxy) is 6. The van der Waals surface area contributed by atoms with Gasteiger partial charge >= 0.3 is 18.2 Å². The van der Waals surface area contributed by atoms with E-state index in [4.69, 9.17) is 33.3 Å². The van der Waals surface area contributed by atoms with E-state index in [9.17, 15) is 24.0 Å². The predicted octanol–water partition coefficient (Wildman–Crippen LogP) is 4.59. The molecule has 2 unspecified atom stereocenters. The summed E-state index contributed by atoms with van der Waals surface area (Å²) in [6.07, 6.45) is 1.92. The molecule has 0 spiro atoms. The first-order chi connectivity index (χ1) is 22.8. The maximum absolute atomic E-state index is 12.9. The lowest BCUT2D eigenvalue weighted by Gasteiger charge is -2.30. The van der Waals surface area contributed by atoms with Crippen molar-refractivity contribution < 1.29 is 57.2 Å². The Bertz CT molecular complexity index is 1060. The van der Waals surface area contributed by atoms with Crippen LogP contribution in [0.3, 0.4) is 0 Å². The van der Waals surface area contributed by atoms with Gasteiger partial charge in [0.25, 0.3) is 11.8 Å². The smallest absolute Gasteiger partial charge is 0.407 e. The van der Waals surface area contributed by atoms with E-state index in [0.29, 0.717) is 44.0 Å². The molecule has 0 saturated carbocycles. The highest BCUT2D eigenvalue weighted by atomic mass is 16.7. The van der Waals surface area contributed by atoms with E-state index in [1.165, 1.54) is 0 Å². The average molecular weight is 704 g/mol. The average Bonchev–Trinajstić information content (AvgIpc) is 3.34. The SMILES string of the molecule is CCC(C)(CCOC(C)(C)COC(=O)NC(CCCCNC(=O)OCCC(C)(C)OCCC(C)(C)OC)C(=O)ON1C(=O)CCC1=O)OC. The van der Waals surface area contributed by atoms with E-state index in [1.807, 2.05) is 41.5 Å². The third-order valence-electron chi connectivity index (χ3n) is 8.55. The number of amides is 4. The van der Waals surface area contributed by atoms with Crippen molar-refractivity contribution in [2.75, 3.05) is 47.2 Å². The van der Waals surface area contributed by atoms with Gasteiger partial charge in [-0.1, -0.05) is 6.92 Å². The van der Waals surface area contributed by atoms with Crippen LogP contribution in [0, 0.1) is 0 Å². The van der Waals surface area contributed by atoms with Gasteiger partial charge in [0, 0.05) is 40.0 Å². The van der Waals surface area contributed by atoms with Crippen LogP contribution in [0.2, 0.25) is 0 Å². The van der Waals surface area contributed by atoms with E-state index < -0.39 is 47.2 Å². The van der Waals surface area contributed by atoms with Crippen LogP contribution in [0.15, 0.2) is 0 Å². The number of alkyl carbamates (subject to hydrolysis) is 2. The molecule has 284 valence electrons. The van der Waals surface area contributed by atoms with Gasteiger partial charge in [-0.3, -0.25) is 9.59 Å². The van der Waals surface area contributed by atoms with Crippen LogP contribution in [0.4, 0.5) is 9.59 Å². The van der Waals surface area contributed by atoms with Gasteiger partial charge in [0.15, 0.2) is 0 Å². The Balaban J connectivity index is 2.56. The zero-order valence-corrected chi connectivity index (χ0v) is 31.3. The summed E-state index contributed by atoms with van der Waals surface area (Å²) in [5, 5.41) is 5.55. The van der Waals surface area contributed by atoms with Gasteiger partial charge in [-0.25, -0.2) is 14.4 Å². The van der Waals surface area contributed by atoms with Crippen LogP contribution in [-0.2, 0) is 47.6 Å². The number of hydrogen-bond acceptors (Lipinski definition) is 12. The van der Waals surface area contributed by atoms with E-state index in [1.54, 1.807) is 28.1 Å². The Morgan fingerprint density at radius 3 is 1.94 bits per heavy atom. The third-order valence-corrected chi connectivity index (χ3v) is 8.55. The van der Waals surface area contributed by atoms with Crippen molar-refractivity contribution >= 4 is 30.0 Å². The minimum atomic E-state index is -1.23. The molecule has 1 saturated heterocycles. The molecule has 4 amide bonds.